The predicted molar refractivity (Wildman–Crippen MR) is 106 cm³/mol. The Morgan fingerprint density at radius 2 is 1.19 bits per heavy atom. The van der Waals surface area contributed by atoms with E-state index in [0.717, 1.165) is 9.79 Å². The number of hydrogen-bond donors (Lipinski definition) is 2. The van der Waals surface area contributed by atoms with Crippen LogP contribution in [0.25, 0.3) is 0 Å². The van der Waals surface area contributed by atoms with Crippen molar-refractivity contribution in [3.05, 3.63) is 45.3 Å². The molecule has 2 aromatic carbocycles. The number of carboxylic acid groups (broad SMARTS) is 2. The fourth-order valence-electron chi connectivity index (χ4n) is 1.68. The number of carbonyl (C=O) groups is 2. The smallest absolute Gasteiger partial charge is 0.341 e. The van der Waals surface area contributed by atoms with Gasteiger partial charge in [0.05, 0.1) is 8.95 Å². The highest BCUT2D eigenvalue weighted by Crippen LogP contribution is 2.41. The predicted octanol–water partition coefficient (Wildman–Crippen LogP) is 4.94. The zero-order valence-corrected chi connectivity index (χ0v) is 17.8. The molecule has 2 rings (SSSR count). The van der Waals surface area contributed by atoms with Gasteiger partial charge in [-0.1, -0.05) is 21.6 Å². The second-order valence-electron chi connectivity index (χ2n) is 4.72. The maximum Gasteiger partial charge on any atom is 0.341 e. The largest absolute Gasteiger partial charge is 0.481 e. The Balaban J connectivity index is 1.96. The van der Waals surface area contributed by atoms with Gasteiger partial charge in [-0.2, -0.15) is 0 Å². The molecule has 26 heavy (non-hydrogen) atoms. The van der Waals surface area contributed by atoms with E-state index in [0.29, 0.717) is 20.4 Å². The average Bonchev–Trinajstić information content (AvgIpc) is 2.58. The molecule has 0 atom stereocenters. The third kappa shape index (κ3) is 6.75. The average molecular weight is 524 g/mol. The maximum atomic E-state index is 10.5. The summed E-state index contributed by atoms with van der Waals surface area (Å²) in [6.45, 7) is -0.797. The monoisotopic (exact) mass is 522 g/mol. The highest BCUT2D eigenvalue weighted by atomic mass is 79.9. The molecule has 0 saturated carbocycles. The lowest BCUT2D eigenvalue weighted by Gasteiger charge is -2.09. The SMILES string of the molecule is O=C(O)COc1ccc(SSc2ccc(OCC(=O)O)c(Br)c2)cc1Br. The van der Waals surface area contributed by atoms with Crippen LogP contribution in [-0.2, 0) is 9.59 Å². The van der Waals surface area contributed by atoms with Gasteiger partial charge in [0.2, 0.25) is 0 Å². The van der Waals surface area contributed by atoms with E-state index in [4.69, 9.17) is 19.7 Å². The minimum Gasteiger partial charge on any atom is -0.481 e. The van der Waals surface area contributed by atoms with Crippen molar-refractivity contribution in [3.8, 4) is 11.5 Å². The van der Waals surface area contributed by atoms with Gasteiger partial charge in [-0.15, -0.1) is 0 Å². The van der Waals surface area contributed by atoms with Crippen LogP contribution in [0.4, 0.5) is 0 Å². The van der Waals surface area contributed by atoms with E-state index in [1.807, 2.05) is 24.3 Å². The Kier molecular flexibility index (Phi) is 8.14. The minimum absolute atomic E-state index is 0.399. The van der Waals surface area contributed by atoms with Gasteiger partial charge >= 0.3 is 11.9 Å². The van der Waals surface area contributed by atoms with Crippen molar-refractivity contribution in [1.29, 1.82) is 0 Å². The number of ether oxygens (including phenoxy) is 2. The van der Waals surface area contributed by atoms with Gasteiger partial charge in [-0.3, -0.25) is 0 Å². The van der Waals surface area contributed by atoms with Crippen LogP contribution in [0.5, 0.6) is 11.5 Å². The van der Waals surface area contributed by atoms with Gasteiger partial charge < -0.3 is 19.7 Å². The zero-order chi connectivity index (χ0) is 19.1. The van der Waals surface area contributed by atoms with Gasteiger partial charge in [0.1, 0.15) is 11.5 Å². The van der Waals surface area contributed by atoms with Gasteiger partial charge in [0, 0.05) is 9.79 Å². The lowest BCUT2D eigenvalue weighted by molar-refractivity contribution is -0.140. The molecule has 0 fully saturated rings. The molecule has 0 bridgehead atoms. The maximum absolute atomic E-state index is 10.5. The van der Waals surface area contributed by atoms with Gasteiger partial charge in [0.15, 0.2) is 13.2 Å². The minimum atomic E-state index is -1.03. The summed E-state index contributed by atoms with van der Waals surface area (Å²) in [5, 5.41) is 17.3. The van der Waals surface area contributed by atoms with E-state index in [2.05, 4.69) is 31.9 Å². The Morgan fingerprint density at radius 3 is 1.50 bits per heavy atom. The molecule has 6 nitrogen and oxygen atoms in total. The molecule has 0 unspecified atom stereocenters. The fourth-order valence-corrected chi connectivity index (χ4v) is 4.94. The van der Waals surface area contributed by atoms with Gasteiger partial charge in [-0.25, -0.2) is 9.59 Å². The number of benzene rings is 2. The van der Waals surface area contributed by atoms with E-state index in [9.17, 15) is 9.59 Å². The summed E-state index contributed by atoms with van der Waals surface area (Å²) in [6.07, 6.45) is 0. The van der Waals surface area contributed by atoms with Gasteiger partial charge in [0.25, 0.3) is 0 Å². The highest BCUT2D eigenvalue weighted by molar-refractivity contribution is 9.11. The Hall–Kier alpha value is -1.36. The van der Waals surface area contributed by atoms with Crippen LogP contribution < -0.4 is 9.47 Å². The molecule has 0 radical (unpaired) electrons. The number of aliphatic carboxylic acids is 2. The van der Waals surface area contributed by atoms with Crippen LogP contribution in [0.1, 0.15) is 0 Å². The van der Waals surface area contributed by atoms with Crippen LogP contribution >= 0.6 is 53.4 Å². The Morgan fingerprint density at radius 1 is 0.808 bits per heavy atom. The molecule has 0 aliphatic heterocycles. The second-order valence-corrected chi connectivity index (χ2v) is 8.70. The van der Waals surface area contributed by atoms with E-state index in [1.54, 1.807) is 12.1 Å². The number of carboxylic acids is 2. The second kappa shape index (κ2) is 10.1. The molecule has 2 aromatic rings. The van der Waals surface area contributed by atoms with Crippen LogP contribution in [0.2, 0.25) is 0 Å². The van der Waals surface area contributed by atoms with Crippen LogP contribution in [0, 0.1) is 0 Å². The topological polar surface area (TPSA) is 93.1 Å². The first-order valence-electron chi connectivity index (χ1n) is 6.98. The van der Waals surface area contributed by atoms with Crippen LogP contribution in [0.3, 0.4) is 0 Å². The van der Waals surface area contributed by atoms with E-state index < -0.39 is 25.2 Å². The van der Waals surface area contributed by atoms with Crippen molar-refractivity contribution in [3.63, 3.8) is 0 Å². The number of halogens is 2. The molecule has 0 spiro atoms. The summed E-state index contributed by atoms with van der Waals surface area (Å²) in [5.41, 5.74) is 0. The molecule has 0 aliphatic carbocycles. The number of rotatable bonds is 9. The van der Waals surface area contributed by atoms with E-state index in [-0.39, 0.29) is 0 Å². The summed E-state index contributed by atoms with van der Waals surface area (Å²) in [7, 11) is 3.03. The molecular formula is C16H12Br2O6S2. The van der Waals surface area contributed by atoms with Crippen molar-refractivity contribution in [2.45, 2.75) is 9.79 Å². The standard InChI is InChI=1S/C16H12Br2O6S2/c17-11-5-9(1-3-13(11)23-7-15(19)20)25-26-10-2-4-14(12(18)6-10)24-8-16(21)22/h1-6H,7-8H2,(H,19,20)(H,21,22). The highest BCUT2D eigenvalue weighted by Gasteiger charge is 2.08. The summed E-state index contributed by atoms with van der Waals surface area (Å²) < 4.78 is 11.7. The summed E-state index contributed by atoms with van der Waals surface area (Å²) in [5.74, 6) is -1.15. The first kappa shape index (κ1) is 20.9. The molecule has 2 N–H and O–H groups in total. The van der Waals surface area contributed by atoms with Gasteiger partial charge in [-0.05, 0) is 68.3 Å². The molecule has 0 amide bonds. The molecular weight excluding hydrogens is 512 g/mol. The molecule has 0 saturated heterocycles. The lowest BCUT2D eigenvalue weighted by atomic mass is 10.3. The van der Waals surface area contributed by atoms with Crippen LogP contribution in [0.15, 0.2) is 55.1 Å². The first-order chi connectivity index (χ1) is 12.3. The lowest BCUT2D eigenvalue weighted by Crippen LogP contribution is -2.09. The third-order valence-electron chi connectivity index (χ3n) is 2.74. The van der Waals surface area contributed by atoms with Crippen molar-refractivity contribution in [1.82, 2.24) is 0 Å². The van der Waals surface area contributed by atoms with Crippen molar-refractivity contribution < 1.29 is 29.3 Å². The van der Waals surface area contributed by atoms with Crippen LogP contribution in [-0.4, -0.2) is 35.4 Å². The first-order valence-corrected chi connectivity index (χ1v) is 10.7. The summed E-state index contributed by atoms with van der Waals surface area (Å²) >= 11 is 6.72. The molecule has 10 heteroatoms. The Bertz CT molecular complexity index is 748. The van der Waals surface area contributed by atoms with E-state index >= 15 is 0 Å². The summed E-state index contributed by atoms with van der Waals surface area (Å²) in [6, 6.07) is 10.8. The molecule has 0 aliphatic rings. The van der Waals surface area contributed by atoms with Crippen molar-refractivity contribution in [2.75, 3.05) is 13.2 Å². The quantitative estimate of drug-likeness (QED) is 0.446. The molecule has 138 valence electrons. The normalized spacial score (nSPS) is 10.4. The number of hydrogen-bond acceptors (Lipinski definition) is 6. The zero-order valence-electron chi connectivity index (χ0n) is 13.0. The fraction of sp³-hybridized carbons (Fsp3) is 0.125. The molecule has 0 heterocycles. The molecule has 0 aromatic heterocycles. The van der Waals surface area contributed by atoms with E-state index in [1.165, 1.54) is 21.6 Å². The Labute approximate surface area is 173 Å². The van der Waals surface area contributed by atoms with Crippen molar-refractivity contribution >= 4 is 65.4 Å². The summed E-state index contributed by atoms with van der Waals surface area (Å²) in [4.78, 5) is 23.0. The van der Waals surface area contributed by atoms with Crippen molar-refractivity contribution in [2.24, 2.45) is 0 Å². The third-order valence-corrected chi connectivity index (χ3v) is 6.36.